The molecule has 0 aromatic heterocycles. The first kappa shape index (κ1) is 12.6. The molecule has 1 aliphatic rings. The van der Waals surface area contributed by atoms with Gasteiger partial charge in [0.25, 0.3) is 0 Å². The molecular formula is C15H23NO. The molecule has 1 N–H and O–H groups in total. The Hall–Kier alpha value is -0.860. The first-order valence-corrected chi connectivity index (χ1v) is 6.61. The molecule has 2 atom stereocenters. The van der Waals surface area contributed by atoms with E-state index in [1.165, 1.54) is 24.0 Å². The lowest BCUT2D eigenvalue weighted by atomic mass is 9.88. The van der Waals surface area contributed by atoms with Gasteiger partial charge in [0.05, 0.1) is 6.61 Å². The lowest BCUT2D eigenvalue weighted by Gasteiger charge is -2.30. The minimum absolute atomic E-state index is 0.538. The van der Waals surface area contributed by atoms with Crippen molar-refractivity contribution in [3.63, 3.8) is 0 Å². The van der Waals surface area contributed by atoms with Crippen LogP contribution in [0.25, 0.3) is 0 Å². The Kier molecular flexibility index (Phi) is 4.57. The van der Waals surface area contributed by atoms with Crippen molar-refractivity contribution >= 4 is 0 Å². The highest BCUT2D eigenvalue weighted by Gasteiger charge is 2.23. The van der Waals surface area contributed by atoms with Gasteiger partial charge in [-0.15, -0.1) is 0 Å². The summed E-state index contributed by atoms with van der Waals surface area (Å²) >= 11 is 0. The number of hydrogen-bond donors (Lipinski definition) is 1. The van der Waals surface area contributed by atoms with Crippen LogP contribution in [0.1, 0.15) is 24.0 Å². The third-order valence-electron chi connectivity index (χ3n) is 3.84. The third-order valence-corrected chi connectivity index (χ3v) is 3.84. The fraction of sp³-hybridized carbons (Fsp3) is 0.600. The second-order valence-corrected chi connectivity index (χ2v) is 5.00. The van der Waals surface area contributed by atoms with Gasteiger partial charge in [-0.25, -0.2) is 0 Å². The molecule has 2 nitrogen and oxygen atoms in total. The van der Waals surface area contributed by atoms with Crippen LogP contribution in [0.3, 0.4) is 0 Å². The second-order valence-electron chi connectivity index (χ2n) is 5.00. The van der Waals surface area contributed by atoms with Crippen molar-refractivity contribution in [2.24, 2.45) is 5.92 Å². The minimum atomic E-state index is 0.538. The first-order chi connectivity index (χ1) is 8.31. The summed E-state index contributed by atoms with van der Waals surface area (Å²) in [5.41, 5.74) is 2.85. The number of ether oxygens (including phenoxy) is 1. The van der Waals surface area contributed by atoms with Crippen molar-refractivity contribution in [3.05, 3.63) is 35.4 Å². The zero-order valence-electron chi connectivity index (χ0n) is 10.9. The maximum absolute atomic E-state index is 5.59. The molecule has 1 aromatic carbocycles. The normalized spacial score (nSPS) is 22.4. The summed E-state index contributed by atoms with van der Waals surface area (Å²) in [6.07, 6.45) is 3.60. The molecule has 0 aliphatic carbocycles. The number of aryl methyl sites for hydroxylation is 1. The molecule has 0 spiro atoms. The fourth-order valence-corrected chi connectivity index (χ4v) is 2.66. The first-order valence-electron chi connectivity index (χ1n) is 6.61. The van der Waals surface area contributed by atoms with Gasteiger partial charge in [0.15, 0.2) is 0 Å². The monoisotopic (exact) mass is 233 g/mol. The number of benzene rings is 1. The van der Waals surface area contributed by atoms with Gasteiger partial charge in [-0.05, 0) is 50.3 Å². The zero-order chi connectivity index (χ0) is 12.1. The van der Waals surface area contributed by atoms with Crippen LogP contribution in [0.15, 0.2) is 24.3 Å². The summed E-state index contributed by atoms with van der Waals surface area (Å²) in [5, 5.41) is 3.47. The van der Waals surface area contributed by atoms with E-state index in [4.69, 9.17) is 4.74 Å². The smallest absolute Gasteiger partial charge is 0.0509 e. The zero-order valence-corrected chi connectivity index (χ0v) is 10.9. The van der Waals surface area contributed by atoms with Gasteiger partial charge in [-0.1, -0.05) is 24.3 Å². The minimum Gasteiger partial charge on any atom is -0.381 e. The molecule has 1 fully saturated rings. The van der Waals surface area contributed by atoms with E-state index in [0.717, 1.165) is 19.6 Å². The van der Waals surface area contributed by atoms with Crippen molar-refractivity contribution in [1.29, 1.82) is 0 Å². The van der Waals surface area contributed by atoms with Crippen molar-refractivity contribution in [2.45, 2.75) is 32.2 Å². The number of nitrogens with one attached hydrogen (secondary N) is 1. The molecule has 1 saturated heterocycles. The van der Waals surface area contributed by atoms with E-state index in [1.54, 1.807) is 0 Å². The van der Waals surface area contributed by atoms with E-state index < -0.39 is 0 Å². The Labute approximate surface area is 104 Å². The molecule has 1 aliphatic heterocycles. The molecular weight excluding hydrogens is 210 g/mol. The van der Waals surface area contributed by atoms with E-state index in [-0.39, 0.29) is 0 Å². The molecule has 0 saturated carbocycles. The van der Waals surface area contributed by atoms with Gasteiger partial charge in [0.1, 0.15) is 0 Å². The average molecular weight is 233 g/mol. The van der Waals surface area contributed by atoms with Crippen LogP contribution in [-0.2, 0) is 11.2 Å². The highest BCUT2D eigenvalue weighted by molar-refractivity contribution is 5.26. The van der Waals surface area contributed by atoms with Gasteiger partial charge in [-0.2, -0.15) is 0 Å². The highest BCUT2D eigenvalue weighted by atomic mass is 16.5. The van der Waals surface area contributed by atoms with Crippen molar-refractivity contribution in [2.75, 3.05) is 20.3 Å². The lowest BCUT2D eigenvalue weighted by Crippen LogP contribution is -2.40. The lowest BCUT2D eigenvalue weighted by molar-refractivity contribution is 0.0405. The van der Waals surface area contributed by atoms with E-state index in [1.807, 2.05) is 0 Å². The van der Waals surface area contributed by atoms with Crippen LogP contribution in [0.4, 0.5) is 0 Å². The number of likely N-dealkylation sites (N-methyl/N-ethyl adjacent to an activating group) is 1. The summed E-state index contributed by atoms with van der Waals surface area (Å²) in [4.78, 5) is 0. The van der Waals surface area contributed by atoms with Crippen molar-refractivity contribution in [3.8, 4) is 0 Å². The molecule has 2 heteroatoms. The maximum atomic E-state index is 5.59. The Morgan fingerprint density at radius 3 is 2.88 bits per heavy atom. The molecule has 94 valence electrons. The molecule has 0 amide bonds. The second kappa shape index (κ2) is 6.18. The Morgan fingerprint density at radius 1 is 1.41 bits per heavy atom. The van der Waals surface area contributed by atoms with Crippen LogP contribution >= 0.6 is 0 Å². The standard InChI is InChI=1S/C15H23NO/c1-12-6-3-4-7-13(12)10-15(16-2)14-8-5-9-17-11-14/h3-4,6-7,14-16H,5,8-11H2,1-2H3. The van der Waals surface area contributed by atoms with Gasteiger partial charge in [-0.3, -0.25) is 0 Å². The van der Waals surface area contributed by atoms with Crippen LogP contribution < -0.4 is 5.32 Å². The van der Waals surface area contributed by atoms with Crippen LogP contribution in [0.5, 0.6) is 0 Å². The van der Waals surface area contributed by atoms with Crippen LogP contribution in [-0.4, -0.2) is 26.3 Å². The van der Waals surface area contributed by atoms with Crippen LogP contribution in [0, 0.1) is 12.8 Å². The van der Waals surface area contributed by atoms with Crippen LogP contribution in [0.2, 0.25) is 0 Å². The van der Waals surface area contributed by atoms with Crippen molar-refractivity contribution in [1.82, 2.24) is 5.32 Å². The fourth-order valence-electron chi connectivity index (χ4n) is 2.66. The summed E-state index contributed by atoms with van der Waals surface area (Å²) in [6.45, 7) is 4.05. The van der Waals surface area contributed by atoms with Gasteiger partial charge in [0, 0.05) is 12.6 Å². The predicted molar refractivity (Wildman–Crippen MR) is 71.3 cm³/mol. The summed E-state index contributed by atoms with van der Waals surface area (Å²) < 4.78 is 5.59. The Bertz CT molecular complexity index is 345. The maximum Gasteiger partial charge on any atom is 0.0509 e. The molecule has 2 rings (SSSR count). The number of rotatable bonds is 4. The third kappa shape index (κ3) is 3.30. The quantitative estimate of drug-likeness (QED) is 0.863. The highest BCUT2D eigenvalue weighted by Crippen LogP contribution is 2.21. The van der Waals surface area contributed by atoms with E-state index >= 15 is 0 Å². The van der Waals surface area contributed by atoms with Gasteiger partial charge >= 0.3 is 0 Å². The number of hydrogen-bond acceptors (Lipinski definition) is 2. The summed E-state index contributed by atoms with van der Waals surface area (Å²) in [5.74, 6) is 0.661. The molecule has 17 heavy (non-hydrogen) atoms. The molecule has 1 aromatic rings. The molecule has 2 unspecified atom stereocenters. The molecule has 0 radical (unpaired) electrons. The average Bonchev–Trinajstić information content (AvgIpc) is 2.39. The Balaban J connectivity index is 2.01. The predicted octanol–water partition coefficient (Wildman–Crippen LogP) is 2.55. The van der Waals surface area contributed by atoms with Gasteiger partial charge in [0.2, 0.25) is 0 Å². The van der Waals surface area contributed by atoms with E-state index in [2.05, 4.69) is 43.6 Å². The van der Waals surface area contributed by atoms with Crippen molar-refractivity contribution < 1.29 is 4.74 Å². The largest absolute Gasteiger partial charge is 0.381 e. The SMILES string of the molecule is CNC(Cc1ccccc1C)C1CCCOC1. The van der Waals surface area contributed by atoms with E-state index in [9.17, 15) is 0 Å². The topological polar surface area (TPSA) is 21.3 Å². The summed E-state index contributed by atoms with van der Waals surface area (Å²) in [6, 6.07) is 9.21. The molecule has 0 bridgehead atoms. The Morgan fingerprint density at radius 2 is 2.24 bits per heavy atom. The van der Waals surface area contributed by atoms with Gasteiger partial charge < -0.3 is 10.1 Å². The van der Waals surface area contributed by atoms with E-state index in [0.29, 0.717) is 12.0 Å². The molecule has 1 heterocycles. The summed E-state index contributed by atoms with van der Waals surface area (Å²) in [7, 11) is 2.07.